The summed E-state index contributed by atoms with van der Waals surface area (Å²) in [5, 5.41) is 0. The van der Waals surface area contributed by atoms with Gasteiger partial charge in [-0.1, -0.05) is 43.7 Å². The van der Waals surface area contributed by atoms with Gasteiger partial charge in [-0.05, 0) is 18.4 Å². The van der Waals surface area contributed by atoms with Gasteiger partial charge in [0.25, 0.3) is 0 Å². The van der Waals surface area contributed by atoms with Crippen molar-refractivity contribution in [2.45, 2.75) is 26.8 Å². The van der Waals surface area contributed by atoms with Crippen LogP contribution in [-0.4, -0.2) is 13.2 Å². The number of nitrogens with two attached hydrogens (primary N) is 1. The second-order valence-electron chi connectivity index (χ2n) is 4.45. The summed E-state index contributed by atoms with van der Waals surface area (Å²) in [5.41, 5.74) is 8.42. The fraction of sp³-hybridized carbons (Fsp3) is 0.538. The SMILES string of the molecule is Cc1cccc(C(N)COCC(C)C)c1. The van der Waals surface area contributed by atoms with Crippen molar-refractivity contribution in [1.29, 1.82) is 0 Å². The van der Waals surface area contributed by atoms with Crippen LogP contribution < -0.4 is 5.73 Å². The Bertz CT molecular complexity index is 296. The number of benzene rings is 1. The molecule has 0 heterocycles. The smallest absolute Gasteiger partial charge is 0.0659 e. The van der Waals surface area contributed by atoms with Crippen LogP contribution in [0.2, 0.25) is 0 Å². The average Bonchev–Trinajstić information content (AvgIpc) is 2.17. The van der Waals surface area contributed by atoms with Gasteiger partial charge in [0, 0.05) is 6.61 Å². The van der Waals surface area contributed by atoms with E-state index in [1.807, 2.05) is 6.07 Å². The Morgan fingerprint density at radius 2 is 2.00 bits per heavy atom. The second-order valence-corrected chi connectivity index (χ2v) is 4.45. The van der Waals surface area contributed by atoms with E-state index >= 15 is 0 Å². The van der Waals surface area contributed by atoms with Crippen LogP contribution in [0.4, 0.5) is 0 Å². The standard InChI is InChI=1S/C13H21NO/c1-10(2)8-15-9-13(14)12-6-4-5-11(3)7-12/h4-7,10,13H,8-9,14H2,1-3H3. The monoisotopic (exact) mass is 207 g/mol. The predicted molar refractivity (Wildman–Crippen MR) is 63.8 cm³/mol. The van der Waals surface area contributed by atoms with Crippen LogP contribution in [0.15, 0.2) is 24.3 Å². The highest BCUT2D eigenvalue weighted by Crippen LogP contribution is 2.12. The van der Waals surface area contributed by atoms with Gasteiger partial charge < -0.3 is 10.5 Å². The third-order valence-electron chi connectivity index (χ3n) is 2.22. The normalized spacial score (nSPS) is 13.1. The molecule has 0 amide bonds. The minimum Gasteiger partial charge on any atom is -0.379 e. The van der Waals surface area contributed by atoms with Crippen molar-refractivity contribution in [2.75, 3.05) is 13.2 Å². The van der Waals surface area contributed by atoms with Crippen molar-refractivity contribution in [3.63, 3.8) is 0 Å². The maximum atomic E-state index is 6.03. The van der Waals surface area contributed by atoms with E-state index in [1.54, 1.807) is 0 Å². The summed E-state index contributed by atoms with van der Waals surface area (Å²) in [5.74, 6) is 0.565. The number of aryl methyl sites for hydroxylation is 1. The molecule has 2 nitrogen and oxygen atoms in total. The maximum absolute atomic E-state index is 6.03. The van der Waals surface area contributed by atoms with Gasteiger partial charge in [-0.15, -0.1) is 0 Å². The summed E-state index contributed by atoms with van der Waals surface area (Å²) >= 11 is 0. The van der Waals surface area contributed by atoms with Crippen LogP contribution in [-0.2, 0) is 4.74 Å². The summed E-state index contributed by atoms with van der Waals surface area (Å²) in [4.78, 5) is 0. The van der Waals surface area contributed by atoms with Crippen LogP contribution in [0.1, 0.15) is 31.0 Å². The van der Waals surface area contributed by atoms with Crippen molar-refractivity contribution < 1.29 is 4.74 Å². The van der Waals surface area contributed by atoms with Crippen LogP contribution >= 0.6 is 0 Å². The Balaban J connectivity index is 2.43. The second kappa shape index (κ2) is 5.89. The number of hydrogen-bond acceptors (Lipinski definition) is 2. The van der Waals surface area contributed by atoms with Gasteiger partial charge >= 0.3 is 0 Å². The van der Waals surface area contributed by atoms with E-state index in [-0.39, 0.29) is 6.04 Å². The molecule has 2 N–H and O–H groups in total. The Morgan fingerprint density at radius 1 is 1.27 bits per heavy atom. The molecule has 0 aliphatic carbocycles. The Kier molecular flexibility index (Phi) is 4.79. The molecule has 84 valence electrons. The van der Waals surface area contributed by atoms with E-state index in [4.69, 9.17) is 10.5 Å². The molecule has 0 aromatic heterocycles. The predicted octanol–water partition coefficient (Wildman–Crippen LogP) is 2.67. The lowest BCUT2D eigenvalue weighted by Crippen LogP contribution is -2.18. The van der Waals surface area contributed by atoms with Gasteiger partial charge in [0.15, 0.2) is 0 Å². The quantitative estimate of drug-likeness (QED) is 0.805. The Labute approximate surface area is 92.4 Å². The van der Waals surface area contributed by atoms with Crippen molar-refractivity contribution in [3.8, 4) is 0 Å². The fourth-order valence-corrected chi connectivity index (χ4v) is 1.43. The lowest BCUT2D eigenvalue weighted by Gasteiger charge is -2.14. The van der Waals surface area contributed by atoms with Gasteiger partial charge in [-0.3, -0.25) is 0 Å². The highest BCUT2D eigenvalue weighted by Gasteiger charge is 2.06. The molecule has 0 fully saturated rings. The summed E-state index contributed by atoms with van der Waals surface area (Å²) in [6.07, 6.45) is 0. The molecular formula is C13H21NO. The molecule has 0 aliphatic heterocycles. The Morgan fingerprint density at radius 3 is 2.60 bits per heavy atom. The van der Waals surface area contributed by atoms with Crippen molar-refractivity contribution >= 4 is 0 Å². The minimum absolute atomic E-state index is 0.0105. The molecule has 2 heteroatoms. The Hall–Kier alpha value is -0.860. The molecule has 1 aromatic carbocycles. The van der Waals surface area contributed by atoms with Crippen molar-refractivity contribution in [1.82, 2.24) is 0 Å². The molecule has 1 rings (SSSR count). The first-order valence-electron chi connectivity index (χ1n) is 5.49. The van der Waals surface area contributed by atoms with Crippen LogP contribution in [0, 0.1) is 12.8 Å². The summed E-state index contributed by atoms with van der Waals surface area (Å²) in [6.45, 7) is 7.72. The largest absolute Gasteiger partial charge is 0.379 e. The molecule has 0 spiro atoms. The van der Waals surface area contributed by atoms with Crippen LogP contribution in [0.5, 0.6) is 0 Å². The highest BCUT2D eigenvalue weighted by molar-refractivity contribution is 5.24. The van der Waals surface area contributed by atoms with Crippen molar-refractivity contribution in [2.24, 2.45) is 11.7 Å². The van der Waals surface area contributed by atoms with E-state index in [2.05, 4.69) is 39.0 Å². The minimum atomic E-state index is -0.0105. The van der Waals surface area contributed by atoms with E-state index in [1.165, 1.54) is 5.56 Å². The van der Waals surface area contributed by atoms with Gasteiger partial charge in [0.2, 0.25) is 0 Å². The number of ether oxygens (including phenoxy) is 1. The molecule has 1 unspecified atom stereocenters. The van der Waals surface area contributed by atoms with E-state index in [0.717, 1.165) is 12.2 Å². The third kappa shape index (κ3) is 4.45. The van der Waals surface area contributed by atoms with Crippen molar-refractivity contribution in [3.05, 3.63) is 35.4 Å². The van der Waals surface area contributed by atoms with Gasteiger partial charge in [-0.2, -0.15) is 0 Å². The molecule has 0 saturated heterocycles. The maximum Gasteiger partial charge on any atom is 0.0659 e. The molecule has 0 saturated carbocycles. The molecule has 1 aromatic rings. The zero-order chi connectivity index (χ0) is 11.3. The number of rotatable bonds is 5. The molecular weight excluding hydrogens is 186 g/mol. The first kappa shape index (κ1) is 12.2. The number of hydrogen-bond donors (Lipinski definition) is 1. The topological polar surface area (TPSA) is 35.2 Å². The van der Waals surface area contributed by atoms with Crippen LogP contribution in [0.25, 0.3) is 0 Å². The highest BCUT2D eigenvalue weighted by atomic mass is 16.5. The van der Waals surface area contributed by atoms with Gasteiger partial charge in [0.05, 0.1) is 12.6 Å². The molecule has 15 heavy (non-hydrogen) atoms. The van der Waals surface area contributed by atoms with Gasteiger partial charge in [-0.25, -0.2) is 0 Å². The van der Waals surface area contributed by atoms with E-state index < -0.39 is 0 Å². The molecule has 0 radical (unpaired) electrons. The average molecular weight is 207 g/mol. The van der Waals surface area contributed by atoms with Crippen LogP contribution in [0.3, 0.4) is 0 Å². The zero-order valence-electron chi connectivity index (χ0n) is 9.86. The zero-order valence-corrected chi connectivity index (χ0v) is 9.86. The fourth-order valence-electron chi connectivity index (χ4n) is 1.43. The lowest BCUT2D eigenvalue weighted by atomic mass is 10.1. The summed E-state index contributed by atoms with van der Waals surface area (Å²) < 4.78 is 5.53. The first-order chi connectivity index (χ1) is 7.09. The van der Waals surface area contributed by atoms with E-state index in [9.17, 15) is 0 Å². The lowest BCUT2D eigenvalue weighted by molar-refractivity contribution is 0.0983. The third-order valence-corrected chi connectivity index (χ3v) is 2.22. The molecule has 0 bridgehead atoms. The first-order valence-corrected chi connectivity index (χ1v) is 5.49. The van der Waals surface area contributed by atoms with Gasteiger partial charge in [0.1, 0.15) is 0 Å². The summed E-state index contributed by atoms with van der Waals surface area (Å²) in [6, 6.07) is 8.27. The molecule has 1 atom stereocenters. The summed E-state index contributed by atoms with van der Waals surface area (Å²) in [7, 11) is 0. The molecule has 0 aliphatic rings. The van der Waals surface area contributed by atoms with E-state index in [0.29, 0.717) is 12.5 Å².